The number of hydrogen-bond donors (Lipinski definition) is 0. The van der Waals surface area contributed by atoms with Crippen LogP contribution in [-0.2, 0) is 0 Å². The van der Waals surface area contributed by atoms with E-state index in [4.69, 9.17) is 16.7 Å². The van der Waals surface area contributed by atoms with Crippen LogP contribution in [0.1, 0.15) is 11.1 Å². The van der Waals surface area contributed by atoms with E-state index in [1.54, 1.807) is 0 Å². The van der Waals surface area contributed by atoms with E-state index in [0.717, 1.165) is 28.1 Å². The summed E-state index contributed by atoms with van der Waals surface area (Å²) >= 11 is 6.05. The number of aromatic nitrogens is 2. The van der Waals surface area contributed by atoms with Crippen molar-refractivity contribution in [3.8, 4) is 23.0 Å². The van der Waals surface area contributed by atoms with Crippen molar-refractivity contribution in [3.05, 3.63) is 107 Å². The molecule has 0 aliphatic heterocycles. The van der Waals surface area contributed by atoms with Gasteiger partial charge in [-0.2, -0.15) is 10.4 Å². The second-order valence-electron chi connectivity index (χ2n) is 6.26. The number of rotatable bonds is 4. The van der Waals surface area contributed by atoms with E-state index in [2.05, 4.69) is 6.07 Å². The summed E-state index contributed by atoms with van der Waals surface area (Å²) in [6, 6.07) is 29.4. The monoisotopic (exact) mass is 381 g/mol. The van der Waals surface area contributed by atoms with E-state index in [1.165, 1.54) is 0 Å². The minimum atomic E-state index is 0.587. The Morgan fingerprint density at radius 1 is 0.893 bits per heavy atom. The summed E-state index contributed by atoms with van der Waals surface area (Å²) in [6.45, 7) is 0. The summed E-state index contributed by atoms with van der Waals surface area (Å²) in [5.41, 5.74) is 5.02. The summed E-state index contributed by atoms with van der Waals surface area (Å²) in [5, 5.41) is 15.2. The van der Waals surface area contributed by atoms with Gasteiger partial charge in [-0.15, -0.1) is 0 Å². The van der Waals surface area contributed by atoms with E-state index in [0.29, 0.717) is 10.6 Å². The lowest BCUT2D eigenvalue weighted by molar-refractivity contribution is 0.884. The maximum atomic E-state index is 9.70. The molecule has 0 amide bonds. The standard InChI is InChI=1S/C24H16ClN3/c25-22-13-11-19(12-14-22)24-21(15-20(16-26)18-7-3-1-4-8-18)17-28(27-24)23-9-5-2-6-10-23/h1-15,17H/b20-15-. The Hall–Kier alpha value is -3.61. The molecular formula is C24H16ClN3. The number of allylic oxidation sites excluding steroid dienone is 1. The van der Waals surface area contributed by atoms with Crippen molar-refractivity contribution in [1.29, 1.82) is 5.26 Å². The Morgan fingerprint density at radius 2 is 1.54 bits per heavy atom. The third-order valence-corrected chi connectivity index (χ3v) is 4.64. The highest BCUT2D eigenvalue weighted by molar-refractivity contribution is 6.30. The Bertz CT molecular complexity index is 1150. The summed E-state index contributed by atoms with van der Waals surface area (Å²) < 4.78 is 1.83. The second kappa shape index (κ2) is 7.96. The first-order chi connectivity index (χ1) is 13.7. The molecule has 4 heteroatoms. The van der Waals surface area contributed by atoms with Crippen LogP contribution >= 0.6 is 11.6 Å². The number of nitrogens with zero attached hydrogens (tertiary/aromatic N) is 3. The van der Waals surface area contributed by atoms with Crippen LogP contribution in [0.3, 0.4) is 0 Å². The molecule has 0 saturated carbocycles. The molecule has 0 N–H and O–H groups in total. The van der Waals surface area contributed by atoms with Gasteiger partial charge < -0.3 is 0 Å². The lowest BCUT2D eigenvalue weighted by atomic mass is 10.0. The molecule has 0 saturated heterocycles. The molecule has 134 valence electrons. The lowest BCUT2D eigenvalue weighted by Crippen LogP contribution is -1.93. The average molecular weight is 382 g/mol. The van der Waals surface area contributed by atoms with Gasteiger partial charge in [-0.25, -0.2) is 4.68 Å². The number of hydrogen-bond acceptors (Lipinski definition) is 2. The number of para-hydroxylation sites is 1. The third-order valence-electron chi connectivity index (χ3n) is 4.39. The Kier molecular flexibility index (Phi) is 5.05. The van der Waals surface area contributed by atoms with E-state index in [9.17, 15) is 5.26 Å². The zero-order valence-electron chi connectivity index (χ0n) is 15.0. The van der Waals surface area contributed by atoms with E-state index < -0.39 is 0 Å². The average Bonchev–Trinajstić information content (AvgIpc) is 3.18. The molecular weight excluding hydrogens is 366 g/mol. The predicted octanol–water partition coefficient (Wildman–Crippen LogP) is 6.26. The fourth-order valence-electron chi connectivity index (χ4n) is 2.99. The van der Waals surface area contributed by atoms with Gasteiger partial charge in [0.25, 0.3) is 0 Å². The molecule has 1 aromatic heterocycles. The molecule has 0 atom stereocenters. The number of halogens is 1. The SMILES string of the molecule is N#C/C(=C/c1cn(-c2ccccc2)nc1-c1ccc(Cl)cc1)c1ccccc1. The highest BCUT2D eigenvalue weighted by Gasteiger charge is 2.12. The maximum Gasteiger partial charge on any atom is 0.1000 e. The minimum absolute atomic E-state index is 0.587. The van der Waals surface area contributed by atoms with Crippen molar-refractivity contribution in [1.82, 2.24) is 9.78 Å². The van der Waals surface area contributed by atoms with Crippen LogP contribution in [0.5, 0.6) is 0 Å². The lowest BCUT2D eigenvalue weighted by Gasteiger charge is -2.01. The molecule has 0 aliphatic carbocycles. The van der Waals surface area contributed by atoms with Gasteiger partial charge in [0.2, 0.25) is 0 Å². The van der Waals surface area contributed by atoms with Crippen LogP contribution in [0.2, 0.25) is 5.02 Å². The molecule has 1 heterocycles. The van der Waals surface area contributed by atoms with Gasteiger partial charge in [0, 0.05) is 22.3 Å². The Balaban J connectivity index is 1.87. The normalized spacial score (nSPS) is 11.2. The molecule has 0 fully saturated rings. The van der Waals surface area contributed by atoms with Crippen LogP contribution in [-0.4, -0.2) is 9.78 Å². The minimum Gasteiger partial charge on any atom is -0.240 e. The second-order valence-corrected chi connectivity index (χ2v) is 6.69. The first-order valence-corrected chi connectivity index (χ1v) is 9.20. The van der Waals surface area contributed by atoms with E-state index in [1.807, 2.05) is 102 Å². The van der Waals surface area contributed by atoms with Crippen molar-refractivity contribution >= 4 is 23.3 Å². The Morgan fingerprint density at radius 3 is 2.18 bits per heavy atom. The Labute approximate surface area is 168 Å². The summed E-state index contributed by atoms with van der Waals surface area (Å²) in [4.78, 5) is 0. The summed E-state index contributed by atoms with van der Waals surface area (Å²) in [5.74, 6) is 0. The molecule has 0 bridgehead atoms. The van der Waals surface area contributed by atoms with E-state index in [-0.39, 0.29) is 0 Å². The molecule has 3 aromatic carbocycles. The van der Waals surface area contributed by atoms with Crippen molar-refractivity contribution in [3.63, 3.8) is 0 Å². The van der Waals surface area contributed by atoms with Crippen molar-refractivity contribution < 1.29 is 0 Å². The first-order valence-electron chi connectivity index (χ1n) is 8.83. The molecule has 0 radical (unpaired) electrons. The van der Waals surface area contributed by atoms with E-state index >= 15 is 0 Å². The topological polar surface area (TPSA) is 41.6 Å². The van der Waals surface area contributed by atoms with Gasteiger partial charge in [-0.1, -0.05) is 72.3 Å². The highest BCUT2D eigenvalue weighted by atomic mass is 35.5. The molecule has 0 spiro atoms. The van der Waals surface area contributed by atoms with Gasteiger partial charge in [0.15, 0.2) is 0 Å². The van der Waals surface area contributed by atoms with Crippen molar-refractivity contribution in [2.24, 2.45) is 0 Å². The van der Waals surface area contributed by atoms with Crippen molar-refractivity contribution in [2.75, 3.05) is 0 Å². The summed E-state index contributed by atoms with van der Waals surface area (Å²) in [6.07, 6.45) is 3.82. The smallest absolute Gasteiger partial charge is 0.1000 e. The van der Waals surface area contributed by atoms with Gasteiger partial charge >= 0.3 is 0 Å². The molecule has 0 unspecified atom stereocenters. The largest absolute Gasteiger partial charge is 0.240 e. The maximum absolute atomic E-state index is 9.70. The van der Waals surface area contributed by atoms with Crippen molar-refractivity contribution in [2.45, 2.75) is 0 Å². The van der Waals surface area contributed by atoms with Gasteiger partial charge in [-0.3, -0.25) is 0 Å². The highest BCUT2D eigenvalue weighted by Crippen LogP contribution is 2.28. The molecule has 4 aromatic rings. The fraction of sp³-hybridized carbons (Fsp3) is 0. The molecule has 4 rings (SSSR count). The van der Waals surface area contributed by atoms with Crippen LogP contribution in [0, 0.1) is 11.3 Å². The molecule has 28 heavy (non-hydrogen) atoms. The number of benzene rings is 3. The van der Waals surface area contributed by atoms with Crippen LogP contribution in [0.15, 0.2) is 91.1 Å². The molecule has 0 aliphatic rings. The zero-order valence-corrected chi connectivity index (χ0v) is 15.7. The zero-order chi connectivity index (χ0) is 19.3. The van der Waals surface area contributed by atoms with Crippen LogP contribution < -0.4 is 0 Å². The first kappa shape index (κ1) is 17.8. The van der Waals surface area contributed by atoms with Gasteiger partial charge in [-0.05, 0) is 35.9 Å². The summed E-state index contributed by atoms with van der Waals surface area (Å²) in [7, 11) is 0. The van der Waals surface area contributed by atoms with Gasteiger partial charge in [0.1, 0.15) is 0 Å². The quantitative estimate of drug-likeness (QED) is 0.391. The fourth-order valence-corrected chi connectivity index (χ4v) is 3.12. The van der Waals surface area contributed by atoms with Gasteiger partial charge in [0.05, 0.1) is 23.0 Å². The molecule has 3 nitrogen and oxygen atoms in total. The van der Waals surface area contributed by atoms with Crippen LogP contribution in [0.4, 0.5) is 0 Å². The number of nitriles is 1. The predicted molar refractivity (Wildman–Crippen MR) is 114 cm³/mol. The van der Waals surface area contributed by atoms with Crippen LogP contribution in [0.25, 0.3) is 28.6 Å². The third kappa shape index (κ3) is 3.73.